The summed E-state index contributed by atoms with van der Waals surface area (Å²) in [7, 11) is 0.889. The topological polar surface area (TPSA) is 65.3 Å². The van der Waals surface area contributed by atoms with Gasteiger partial charge in [-0.25, -0.2) is 9.37 Å². The molecule has 20 heavy (non-hydrogen) atoms. The van der Waals surface area contributed by atoms with E-state index in [-0.39, 0.29) is 16.7 Å². The normalized spacial score (nSPS) is 9.40. The largest absolute Gasteiger partial charge is 0.434 e. The number of halogens is 3. The molecule has 0 spiro atoms. The quantitative estimate of drug-likeness (QED) is 0.589. The van der Waals surface area contributed by atoms with E-state index in [0.29, 0.717) is 0 Å². The number of aromatic nitrogens is 1. The lowest BCUT2D eigenvalue weighted by atomic mass is 10.3. The van der Waals surface area contributed by atoms with Crippen LogP contribution in [0.4, 0.5) is 4.39 Å². The molecule has 0 amide bonds. The molecule has 1 heterocycles. The molecule has 0 fully saturated rings. The summed E-state index contributed by atoms with van der Waals surface area (Å²) >= 11 is 9.05. The maximum Gasteiger partial charge on any atom is 0.219 e. The highest BCUT2D eigenvalue weighted by Gasteiger charge is 2.09. The van der Waals surface area contributed by atoms with E-state index in [2.05, 4.69) is 20.9 Å². The van der Waals surface area contributed by atoms with Crippen molar-refractivity contribution in [3.63, 3.8) is 0 Å². The lowest BCUT2D eigenvalue weighted by molar-refractivity contribution is -0.445. The third-order valence-electron chi connectivity index (χ3n) is 1.83. The molecule has 0 unspecified atom stereocenters. The van der Waals surface area contributed by atoms with Gasteiger partial charge in [0.15, 0.2) is 18.6 Å². The first-order valence-corrected chi connectivity index (χ1v) is 6.38. The molecular formula is C12H9BrClFN2O3. The standard InChI is InChI=1S/C11H6BrClFNO.CH3NO2/c12-7-4-5-10(15-6-7)16-11-8(13)2-1-3-9(11)14;1-2(3)4/h1-6H;1H3. The van der Waals surface area contributed by atoms with Crippen LogP contribution < -0.4 is 4.74 Å². The summed E-state index contributed by atoms with van der Waals surface area (Å²) in [4.78, 5) is 12.3. The van der Waals surface area contributed by atoms with Crippen molar-refractivity contribution in [1.82, 2.24) is 4.98 Å². The molecule has 0 N–H and O–H groups in total. The molecule has 1 aromatic carbocycles. The van der Waals surface area contributed by atoms with Gasteiger partial charge in [0.1, 0.15) is 0 Å². The Morgan fingerprint density at radius 2 is 2.05 bits per heavy atom. The summed E-state index contributed by atoms with van der Waals surface area (Å²) < 4.78 is 19.4. The third kappa shape index (κ3) is 5.50. The van der Waals surface area contributed by atoms with Gasteiger partial charge in [-0.3, -0.25) is 10.1 Å². The number of rotatable bonds is 2. The zero-order valence-corrected chi connectivity index (χ0v) is 12.6. The SMILES string of the molecule is C[N+](=O)[O-].Fc1cccc(Cl)c1Oc1ccc(Br)cn1. The fourth-order valence-corrected chi connectivity index (χ4v) is 1.54. The number of benzene rings is 1. The Morgan fingerprint density at radius 1 is 1.40 bits per heavy atom. The first-order valence-electron chi connectivity index (χ1n) is 5.21. The molecule has 0 bridgehead atoms. The first kappa shape index (κ1) is 16.3. The molecule has 0 aliphatic heterocycles. The molecule has 8 heteroatoms. The zero-order chi connectivity index (χ0) is 15.1. The highest BCUT2D eigenvalue weighted by molar-refractivity contribution is 9.10. The minimum Gasteiger partial charge on any atom is -0.434 e. The first-order chi connectivity index (χ1) is 9.40. The van der Waals surface area contributed by atoms with Crippen LogP contribution in [0.3, 0.4) is 0 Å². The maximum atomic E-state index is 13.4. The Balaban J connectivity index is 0.000000444. The van der Waals surface area contributed by atoms with Gasteiger partial charge in [0.25, 0.3) is 0 Å². The summed E-state index contributed by atoms with van der Waals surface area (Å²) in [5.41, 5.74) is 0. The van der Waals surface area contributed by atoms with Crippen LogP contribution in [0.2, 0.25) is 5.02 Å². The zero-order valence-electron chi connectivity index (χ0n) is 10.2. The van der Waals surface area contributed by atoms with Crippen LogP contribution >= 0.6 is 27.5 Å². The van der Waals surface area contributed by atoms with Gasteiger partial charge in [0.05, 0.1) is 5.02 Å². The van der Waals surface area contributed by atoms with E-state index < -0.39 is 10.7 Å². The monoisotopic (exact) mass is 362 g/mol. The van der Waals surface area contributed by atoms with Crippen LogP contribution in [-0.2, 0) is 0 Å². The van der Waals surface area contributed by atoms with Crippen LogP contribution in [0.5, 0.6) is 11.6 Å². The fraction of sp³-hybridized carbons (Fsp3) is 0.0833. The van der Waals surface area contributed by atoms with E-state index >= 15 is 0 Å². The van der Waals surface area contributed by atoms with Crippen molar-refractivity contribution in [1.29, 1.82) is 0 Å². The van der Waals surface area contributed by atoms with Gasteiger partial charge in [-0.1, -0.05) is 17.7 Å². The summed E-state index contributed by atoms with van der Waals surface area (Å²) in [6.45, 7) is 0. The summed E-state index contributed by atoms with van der Waals surface area (Å²) in [5.74, 6) is -0.244. The molecule has 1 aromatic heterocycles. The molecule has 0 saturated carbocycles. The molecule has 0 saturated heterocycles. The molecule has 0 aliphatic rings. The minimum absolute atomic E-state index is 0.0148. The molecule has 106 valence electrons. The van der Waals surface area contributed by atoms with E-state index in [1.165, 1.54) is 12.1 Å². The lowest BCUT2D eigenvalue weighted by Gasteiger charge is -2.07. The summed E-state index contributed by atoms with van der Waals surface area (Å²) in [6.07, 6.45) is 1.56. The van der Waals surface area contributed by atoms with Crippen LogP contribution in [0.15, 0.2) is 41.0 Å². The number of hydrogen-bond acceptors (Lipinski definition) is 4. The van der Waals surface area contributed by atoms with Crippen molar-refractivity contribution in [2.24, 2.45) is 0 Å². The predicted octanol–water partition coefficient (Wildman–Crippen LogP) is 4.32. The van der Waals surface area contributed by atoms with Crippen molar-refractivity contribution in [3.05, 3.63) is 62.0 Å². The Morgan fingerprint density at radius 3 is 2.55 bits per heavy atom. The van der Waals surface area contributed by atoms with Crippen LogP contribution in [0.25, 0.3) is 0 Å². The van der Waals surface area contributed by atoms with Crippen LogP contribution in [0.1, 0.15) is 0 Å². The minimum atomic E-state index is -0.516. The van der Waals surface area contributed by atoms with Gasteiger partial charge < -0.3 is 4.74 Å². The average molecular weight is 364 g/mol. The second-order valence-electron chi connectivity index (χ2n) is 3.41. The number of para-hydroxylation sites is 1. The average Bonchev–Trinajstić information content (AvgIpc) is 2.36. The van der Waals surface area contributed by atoms with Gasteiger partial charge >= 0.3 is 0 Å². The van der Waals surface area contributed by atoms with Gasteiger partial charge in [0.2, 0.25) is 5.88 Å². The Kier molecular flexibility index (Phi) is 6.33. The van der Waals surface area contributed by atoms with E-state index in [1.807, 2.05) is 0 Å². The van der Waals surface area contributed by atoms with Crippen molar-refractivity contribution in [2.75, 3.05) is 7.05 Å². The number of pyridine rings is 1. The second-order valence-corrected chi connectivity index (χ2v) is 4.73. The number of hydrogen-bond donors (Lipinski definition) is 0. The smallest absolute Gasteiger partial charge is 0.219 e. The molecule has 5 nitrogen and oxygen atoms in total. The Bertz CT molecular complexity index is 572. The van der Waals surface area contributed by atoms with Gasteiger partial charge in [-0.2, -0.15) is 0 Å². The predicted molar refractivity (Wildman–Crippen MR) is 76.3 cm³/mol. The van der Waals surface area contributed by atoms with Gasteiger partial charge in [-0.15, -0.1) is 0 Å². The molecule has 0 aliphatic carbocycles. The maximum absolute atomic E-state index is 13.4. The van der Waals surface area contributed by atoms with Gasteiger partial charge in [-0.05, 0) is 34.1 Å². The van der Waals surface area contributed by atoms with E-state index in [1.54, 1.807) is 24.4 Å². The molecule has 2 aromatic rings. The highest BCUT2D eigenvalue weighted by Crippen LogP contribution is 2.31. The summed E-state index contributed by atoms with van der Waals surface area (Å²) in [5, 5.41) is 9.02. The third-order valence-corrected chi connectivity index (χ3v) is 2.59. The molecular weight excluding hydrogens is 354 g/mol. The number of ether oxygens (including phenoxy) is 1. The van der Waals surface area contributed by atoms with Crippen molar-refractivity contribution < 1.29 is 14.1 Å². The second kappa shape index (κ2) is 7.76. The van der Waals surface area contributed by atoms with Crippen molar-refractivity contribution >= 4 is 27.5 Å². The highest BCUT2D eigenvalue weighted by atomic mass is 79.9. The van der Waals surface area contributed by atoms with Gasteiger partial charge in [0, 0.05) is 21.7 Å². The lowest BCUT2D eigenvalue weighted by Crippen LogP contribution is -1.91. The van der Waals surface area contributed by atoms with E-state index in [4.69, 9.17) is 26.5 Å². The van der Waals surface area contributed by atoms with E-state index in [0.717, 1.165) is 11.5 Å². The fourth-order valence-electron chi connectivity index (χ4n) is 1.11. The molecule has 0 radical (unpaired) electrons. The number of nitrogens with zero attached hydrogens (tertiary/aromatic N) is 2. The summed E-state index contributed by atoms with van der Waals surface area (Å²) in [6, 6.07) is 7.71. The number of nitro groups is 1. The van der Waals surface area contributed by atoms with E-state index in [9.17, 15) is 4.39 Å². The van der Waals surface area contributed by atoms with Crippen molar-refractivity contribution in [2.45, 2.75) is 0 Å². The Labute approximate surface area is 127 Å². The molecule has 0 atom stereocenters. The van der Waals surface area contributed by atoms with Crippen LogP contribution in [-0.4, -0.2) is 17.0 Å². The Hall–Kier alpha value is -1.73. The molecule has 2 rings (SSSR count). The van der Waals surface area contributed by atoms with Crippen LogP contribution in [0, 0.1) is 15.9 Å². The van der Waals surface area contributed by atoms with Crippen molar-refractivity contribution in [3.8, 4) is 11.6 Å².